The van der Waals surface area contributed by atoms with Crippen molar-refractivity contribution in [3.63, 3.8) is 0 Å². The molecule has 1 aliphatic rings. The van der Waals surface area contributed by atoms with Crippen molar-refractivity contribution in [2.75, 3.05) is 16.8 Å². The van der Waals surface area contributed by atoms with Crippen LogP contribution in [-0.4, -0.2) is 26.4 Å². The molecule has 0 aliphatic carbocycles. The number of fused-ring (bicyclic) bond motifs is 1. The fourth-order valence-corrected chi connectivity index (χ4v) is 3.34. The summed E-state index contributed by atoms with van der Waals surface area (Å²) in [4.78, 5) is 25.8. The quantitative estimate of drug-likeness (QED) is 0.499. The second kappa shape index (κ2) is 7.28. The Kier molecular flexibility index (Phi) is 4.68. The molecule has 0 amide bonds. The highest BCUT2D eigenvalue weighted by Crippen LogP contribution is 2.35. The largest absolute Gasteiger partial charge is 0.353 e. The molecular formula is C18H15BrN6O2. The Balaban J connectivity index is 1.69. The van der Waals surface area contributed by atoms with Crippen LogP contribution in [0.5, 0.6) is 0 Å². The third-order valence-corrected chi connectivity index (χ3v) is 4.86. The highest BCUT2D eigenvalue weighted by atomic mass is 79.9. The van der Waals surface area contributed by atoms with Crippen LogP contribution in [0.15, 0.2) is 53.4 Å². The third kappa shape index (κ3) is 3.59. The van der Waals surface area contributed by atoms with E-state index in [2.05, 4.69) is 42.3 Å². The van der Waals surface area contributed by atoms with Gasteiger partial charge in [-0.25, -0.2) is 15.0 Å². The van der Waals surface area contributed by atoms with E-state index in [0.717, 1.165) is 16.5 Å². The minimum atomic E-state index is -0.447. The van der Waals surface area contributed by atoms with Crippen LogP contribution < -0.4 is 10.2 Å². The fourth-order valence-electron chi connectivity index (χ4n) is 3.11. The van der Waals surface area contributed by atoms with E-state index < -0.39 is 4.92 Å². The number of hydrogen-bond acceptors (Lipinski definition) is 7. The van der Waals surface area contributed by atoms with Gasteiger partial charge in [0.15, 0.2) is 0 Å². The molecule has 8 nitrogen and oxygen atoms in total. The van der Waals surface area contributed by atoms with Gasteiger partial charge in [0.25, 0.3) is 0 Å². The van der Waals surface area contributed by atoms with E-state index in [0.29, 0.717) is 24.7 Å². The maximum absolute atomic E-state index is 11.8. The fraction of sp³-hybridized carbons (Fsp3) is 0.167. The topological polar surface area (TPSA) is 97.1 Å². The van der Waals surface area contributed by atoms with Crippen molar-refractivity contribution in [3.05, 3.63) is 74.6 Å². The second-order valence-corrected chi connectivity index (χ2v) is 6.99. The number of hydrogen-bond donors (Lipinski definition) is 1. The predicted octanol–water partition coefficient (Wildman–Crippen LogP) is 3.85. The number of benzene rings is 1. The summed E-state index contributed by atoms with van der Waals surface area (Å²) < 4.78 is 0.818. The van der Waals surface area contributed by atoms with Crippen LogP contribution in [0.1, 0.15) is 11.1 Å². The van der Waals surface area contributed by atoms with E-state index in [9.17, 15) is 10.1 Å². The van der Waals surface area contributed by atoms with Gasteiger partial charge in [0, 0.05) is 23.8 Å². The molecule has 0 spiro atoms. The molecule has 9 heteroatoms. The monoisotopic (exact) mass is 426 g/mol. The predicted molar refractivity (Wildman–Crippen MR) is 105 cm³/mol. The van der Waals surface area contributed by atoms with E-state index in [4.69, 9.17) is 0 Å². The summed E-state index contributed by atoms with van der Waals surface area (Å²) in [5.74, 6) is 0.901. The van der Waals surface area contributed by atoms with Gasteiger partial charge in [-0.1, -0.05) is 24.3 Å². The first-order chi connectivity index (χ1) is 13.1. The summed E-state index contributed by atoms with van der Waals surface area (Å²) in [5, 5.41) is 14.7. The first kappa shape index (κ1) is 17.3. The van der Waals surface area contributed by atoms with Crippen LogP contribution in [0.4, 0.5) is 23.1 Å². The van der Waals surface area contributed by atoms with Gasteiger partial charge in [-0.05, 0) is 45.6 Å². The smallest absolute Gasteiger partial charge is 0.346 e. The molecule has 27 heavy (non-hydrogen) atoms. The van der Waals surface area contributed by atoms with Crippen molar-refractivity contribution < 1.29 is 4.92 Å². The number of pyridine rings is 1. The Labute approximate surface area is 163 Å². The standard InChI is InChI=1S/C18H15BrN6O2/c19-14-5-6-15(20-9-14)23-17-16(25(26)27)18(22-11-21-17)24-8-7-12-3-1-2-4-13(12)10-24/h1-6,9,11H,7-8,10H2,(H,20,21,22,23). The Morgan fingerprint density at radius 1 is 1.11 bits per heavy atom. The average molecular weight is 427 g/mol. The van der Waals surface area contributed by atoms with Gasteiger partial charge >= 0.3 is 5.69 Å². The summed E-state index contributed by atoms with van der Waals surface area (Å²) >= 11 is 3.31. The zero-order chi connectivity index (χ0) is 18.8. The molecule has 0 fully saturated rings. The minimum absolute atomic E-state index is 0.124. The van der Waals surface area contributed by atoms with Crippen LogP contribution in [0.2, 0.25) is 0 Å². The van der Waals surface area contributed by atoms with Gasteiger partial charge in [-0.15, -0.1) is 0 Å². The molecule has 1 N–H and O–H groups in total. The summed E-state index contributed by atoms with van der Waals surface area (Å²) in [7, 11) is 0. The molecule has 3 aromatic rings. The number of rotatable bonds is 4. The van der Waals surface area contributed by atoms with Gasteiger partial charge in [0.2, 0.25) is 11.6 Å². The van der Waals surface area contributed by atoms with Gasteiger partial charge in [0.1, 0.15) is 12.1 Å². The normalized spacial score (nSPS) is 13.1. The summed E-state index contributed by atoms with van der Waals surface area (Å²) in [6, 6.07) is 11.6. The van der Waals surface area contributed by atoms with Gasteiger partial charge in [-0.2, -0.15) is 0 Å². The number of nitrogens with one attached hydrogen (secondary N) is 1. The van der Waals surface area contributed by atoms with Gasteiger partial charge in [0.05, 0.1) is 4.92 Å². The molecule has 2 aromatic heterocycles. The van der Waals surface area contributed by atoms with Crippen molar-refractivity contribution in [3.8, 4) is 0 Å². The molecule has 0 saturated carbocycles. The van der Waals surface area contributed by atoms with E-state index in [1.165, 1.54) is 11.9 Å². The van der Waals surface area contributed by atoms with Crippen molar-refractivity contribution in [2.45, 2.75) is 13.0 Å². The summed E-state index contributed by atoms with van der Waals surface area (Å²) in [6.45, 7) is 1.23. The molecule has 0 bridgehead atoms. The zero-order valence-electron chi connectivity index (χ0n) is 14.2. The lowest BCUT2D eigenvalue weighted by atomic mass is 10.00. The van der Waals surface area contributed by atoms with E-state index >= 15 is 0 Å². The van der Waals surface area contributed by atoms with E-state index in [1.807, 2.05) is 23.1 Å². The number of halogens is 1. The average Bonchev–Trinajstić information content (AvgIpc) is 2.69. The molecule has 0 saturated heterocycles. The van der Waals surface area contributed by atoms with Crippen molar-refractivity contribution in [1.29, 1.82) is 0 Å². The van der Waals surface area contributed by atoms with Crippen LogP contribution in [-0.2, 0) is 13.0 Å². The second-order valence-electron chi connectivity index (χ2n) is 6.08. The highest BCUT2D eigenvalue weighted by Gasteiger charge is 2.29. The molecule has 4 rings (SSSR count). The number of nitrogens with zero attached hydrogens (tertiary/aromatic N) is 5. The number of nitro groups is 1. The van der Waals surface area contributed by atoms with Crippen molar-refractivity contribution in [2.24, 2.45) is 0 Å². The molecule has 1 aromatic carbocycles. The third-order valence-electron chi connectivity index (χ3n) is 4.39. The first-order valence-corrected chi connectivity index (χ1v) is 9.11. The molecular weight excluding hydrogens is 412 g/mol. The van der Waals surface area contributed by atoms with E-state index in [1.54, 1.807) is 18.3 Å². The lowest BCUT2D eigenvalue weighted by molar-refractivity contribution is -0.383. The van der Waals surface area contributed by atoms with Gasteiger partial charge in [-0.3, -0.25) is 10.1 Å². The summed E-state index contributed by atoms with van der Waals surface area (Å²) in [5.41, 5.74) is 2.27. The minimum Gasteiger partial charge on any atom is -0.346 e. The zero-order valence-corrected chi connectivity index (χ0v) is 15.8. The Morgan fingerprint density at radius 2 is 1.93 bits per heavy atom. The van der Waals surface area contributed by atoms with E-state index in [-0.39, 0.29) is 11.5 Å². The maximum Gasteiger partial charge on any atom is 0.353 e. The van der Waals surface area contributed by atoms with Crippen molar-refractivity contribution >= 4 is 39.1 Å². The van der Waals surface area contributed by atoms with Crippen LogP contribution in [0.25, 0.3) is 0 Å². The Hall–Kier alpha value is -3.07. The SMILES string of the molecule is O=[N+]([O-])c1c(Nc2ccc(Br)cn2)ncnc1N1CCc2ccccc2C1. The molecule has 136 valence electrons. The number of anilines is 3. The molecule has 0 unspecified atom stereocenters. The first-order valence-electron chi connectivity index (χ1n) is 8.31. The van der Waals surface area contributed by atoms with Gasteiger partial charge < -0.3 is 10.2 Å². The number of aromatic nitrogens is 3. The van der Waals surface area contributed by atoms with Crippen LogP contribution >= 0.6 is 15.9 Å². The molecule has 0 atom stereocenters. The molecule has 3 heterocycles. The molecule has 1 aliphatic heterocycles. The lowest BCUT2D eigenvalue weighted by Gasteiger charge is -2.29. The molecule has 0 radical (unpaired) electrons. The van der Waals surface area contributed by atoms with Crippen molar-refractivity contribution in [1.82, 2.24) is 15.0 Å². The maximum atomic E-state index is 11.8. The Bertz CT molecular complexity index is 995. The highest BCUT2D eigenvalue weighted by molar-refractivity contribution is 9.10. The van der Waals surface area contributed by atoms with Crippen LogP contribution in [0.3, 0.4) is 0 Å². The van der Waals surface area contributed by atoms with Crippen LogP contribution in [0, 0.1) is 10.1 Å². The summed E-state index contributed by atoms with van der Waals surface area (Å²) in [6.07, 6.45) is 3.76. The lowest BCUT2D eigenvalue weighted by Crippen LogP contribution is -2.31. The Morgan fingerprint density at radius 3 is 2.67 bits per heavy atom.